The molecule has 1 aromatic heterocycles. The van der Waals surface area contributed by atoms with Gasteiger partial charge in [0, 0.05) is 12.2 Å². The highest BCUT2D eigenvalue weighted by atomic mass is 35.5. The Morgan fingerprint density at radius 2 is 2.06 bits per heavy atom. The van der Waals surface area contributed by atoms with Gasteiger partial charge in [0.05, 0.1) is 9.90 Å². The van der Waals surface area contributed by atoms with Crippen LogP contribution in [0.4, 0.5) is 5.69 Å². The number of carbonyl (C=O) groups excluding carboxylic acids is 1. The Bertz CT molecular complexity index is 623. The molecule has 0 aliphatic carbocycles. The van der Waals surface area contributed by atoms with Gasteiger partial charge in [-0.15, -0.1) is 11.3 Å². The lowest BCUT2D eigenvalue weighted by molar-refractivity contribution is 0.0990. The van der Waals surface area contributed by atoms with Crippen molar-refractivity contribution in [3.8, 4) is 0 Å². The van der Waals surface area contributed by atoms with E-state index in [0.717, 1.165) is 12.1 Å². The number of hydrogen-bond acceptors (Lipinski definition) is 2. The minimum atomic E-state index is -0.0758. The number of halogens is 2. The number of fused-ring (bicyclic) bond motifs is 1. The van der Waals surface area contributed by atoms with Crippen molar-refractivity contribution in [1.29, 1.82) is 0 Å². The van der Waals surface area contributed by atoms with Gasteiger partial charge in [0.15, 0.2) is 0 Å². The molecule has 2 nitrogen and oxygen atoms in total. The molecule has 2 heterocycles. The van der Waals surface area contributed by atoms with E-state index in [1.807, 2.05) is 24.3 Å². The van der Waals surface area contributed by atoms with E-state index in [4.69, 9.17) is 23.2 Å². The van der Waals surface area contributed by atoms with Gasteiger partial charge in [0.2, 0.25) is 0 Å². The summed E-state index contributed by atoms with van der Waals surface area (Å²) in [6, 6.07) is 9.57. The molecule has 0 bridgehead atoms. The molecule has 0 N–H and O–H groups in total. The quantitative estimate of drug-likeness (QED) is 0.770. The zero-order chi connectivity index (χ0) is 12.7. The zero-order valence-corrected chi connectivity index (χ0v) is 11.6. The number of thiophene rings is 1. The van der Waals surface area contributed by atoms with E-state index in [-0.39, 0.29) is 5.91 Å². The van der Waals surface area contributed by atoms with E-state index < -0.39 is 0 Å². The summed E-state index contributed by atoms with van der Waals surface area (Å²) < 4.78 is 0.991. The van der Waals surface area contributed by atoms with Crippen LogP contribution >= 0.6 is 34.5 Å². The van der Waals surface area contributed by atoms with Crippen molar-refractivity contribution >= 4 is 46.1 Å². The molecule has 0 saturated carbocycles. The predicted octanol–water partition coefficient (Wildman–Crippen LogP) is 4.26. The van der Waals surface area contributed by atoms with Gasteiger partial charge >= 0.3 is 0 Å². The highest BCUT2D eigenvalue weighted by Crippen LogP contribution is 2.35. The van der Waals surface area contributed by atoms with Crippen molar-refractivity contribution < 1.29 is 4.79 Å². The highest BCUT2D eigenvalue weighted by Gasteiger charge is 2.27. The molecule has 0 saturated heterocycles. The van der Waals surface area contributed by atoms with Crippen molar-refractivity contribution in [2.75, 3.05) is 11.4 Å². The Morgan fingerprint density at radius 1 is 1.28 bits per heavy atom. The zero-order valence-electron chi connectivity index (χ0n) is 9.32. The summed E-state index contributed by atoms with van der Waals surface area (Å²) in [5, 5.41) is 0. The molecule has 1 aliphatic rings. The van der Waals surface area contributed by atoms with Gasteiger partial charge in [-0.2, -0.15) is 0 Å². The summed E-state index contributed by atoms with van der Waals surface area (Å²) in [5.74, 6) is -0.0758. The molecule has 1 aromatic carbocycles. The predicted molar refractivity (Wildman–Crippen MR) is 76.2 cm³/mol. The van der Waals surface area contributed by atoms with Crippen molar-refractivity contribution in [3.05, 3.63) is 50.1 Å². The van der Waals surface area contributed by atoms with Crippen molar-refractivity contribution in [3.63, 3.8) is 0 Å². The Hall–Kier alpha value is -1.03. The van der Waals surface area contributed by atoms with E-state index in [1.54, 1.807) is 11.0 Å². The third kappa shape index (κ3) is 1.92. The van der Waals surface area contributed by atoms with Crippen LogP contribution in [0.5, 0.6) is 0 Å². The Balaban J connectivity index is 1.98. The lowest BCUT2D eigenvalue weighted by Crippen LogP contribution is -2.28. The van der Waals surface area contributed by atoms with Crippen LogP contribution in [0.3, 0.4) is 0 Å². The number of rotatable bonds is 1. The van der Waals surface area contributed by atoms with Gasteiger partial charge in [-0.3, -0.25) is 4.79 Å². The molecule has 0 atom stereocenters. The molecule has 0 unspecified atom stereocenters. The molecule has 5 heteroatoms. The first-order valence-corrected chi connectivity index (χ1v) is 7.08. The molecule has 1 amide bonds. The largest absolute Gasteiger partial charge is 0.308 e. The number of nitrogens with zero attached hydrogens (tertiary/aromatic N) is 1. The lowest BCUT2D eigenvalue weighted by Gasteiger charge is -2.16. The number of amides is 1. The third-order valence-electron chi connectivity index (χ3n) is 3.02. The average Bonchev–Trinajstić information content (AvgIpc) is 2.92. The van der Waals surface area contributed by atoms with Gasteiger partial charge in [-0.05, 0) is 24.1 Å². The third-order valence-corrected chi connectivity index (χ3v) is 4.51. The fraction of sp³-hybridized carbons (Fsp3) is 0.154. The normalized spacial score (nSPS) is 13.8. The van der Waals surface area contributed by atoms with E-state index in [2.05, 4.69) is 0 Å². The number of carbonyl (C=O) groups is 1. The number of anilines is 1. The van der Waals surface area contributed by atoms with Crippen LogP contribution < -0.4 is 4.90 Å². The van der Waals surface area contributed by atoms with E-state index in [9.17, 15) is 4.79 Å². The van der Waals surface area contributed by atoms with Crippen LogP contribution in [0, 0.1) is 0 Å². The lowest BCUT2D eigenvalue weighted by atomic mass is 10.2. The summed E-state index contributed by atoms with van der Waals surface area (Å²) >= 11 is 13.1. The van der Waals surface area contributed by atoms with Gasteiger partial charge < -0.3 is 4.90 Å². The topological polar surface area (TPSA) is 20.3 Å². The van der Waals surface area contributed by atoms with Gasteiger partial charge in [-0.1, -0.05) is 41.4 Å². The number of para-hydroxylation sites is 1. The first-order valence-electron chi connectivity index (χ1n) is 5.51. The minimum absolute atomic E-state index is 0.0758. The van der Waals surface area contributed by atoms with Gasteiger partial charge in [0.25, 0.3) is 5.91 Å². The maximum Gasteiger partial charge on any atom is 0.260 e. The van der Waals surface area contributed by atoms with E-state index in [1.165, 1.54) is 16.9 Å². The molecular formula is C13H9Cl2NOS. The maximum absolute atomic E-state index is 12.4. The number of benzene rings is 1. The first-order chi connectivity index (χ1) is 8.66. The SMILES string of the molecule is O=C(c1cc(Cl)sc1Cl)N1CCc2ccccc21. The van der Waals surface area contributed by atoms with Crippen molar-refractivity contribution in [1.82, 2.24) is 0 Å². The molecule has 0 fully saturated rings. The van der Waals surface area contributed by atoms with Crippen LogP contribution in [-0.4, -0.2) is 12.5 Å². The molecule has 1 aliphatic heterocycles. The fourth-order valence-corrected chi connectivity index (χ4v) is 3.63. The second-order valence-electron chi connectivity index (χ2n) is 4.07. The fourth-order valence-electron chi connectivity index (χ4n) is 2.18. The minimum Gasteiger partial charge on any atom is -0.308 e. The monoisotopic (exact) mass is 297 g/mol. The summed E-state index contributed by atoms with van der Waals surface area (Å²) in [4.78, 5) is 14.2. The first kappa shape index (κ1) is 12.0. The summed E-state index contributed by atoms with van der Waals surface area (Å²) in [6.07, 6.45) is 0.886. The molecule has 0 spiro atoms. The average molecular weight is 298 g/mol. The van der Waals surface area contributed by atoms with Crippen LogP contribution in [0.25, 0.3) is 0 Å². The van der Waals surface area contributed by atoms with Crippen LogP contribution in [0.15, 0.2) is 30.3 Å². The Kier molecular flexibility index (Phi) is 3.06. The molecule has 2 aromatic rings. The molecule has 0 radical (unpaired) electrons. The Morgan fingerprint density at radius 3 is 2.78 bits per heavy atom. The second-order valence-corrected chi connectivity index (χ2v) is 6.36. The molecule has 3 rings (SSSR count). The standard InChI is InChI=1S/C13H9Cl2NOS/c14-11-7-9(12(15)18-11)13(17)16-6-5-8-3-1-2-4-10(8)16/h1-4,7H,5-6H2. The summed E-state index contributed by atoms with van der Waals surface area (Å²) in [7, 11) is 0. The van der Waals surface area contributed by atoms with Crippen LogP contribution in [0.1, 0.15) is 15.9 Å². The van der Waals surface area contributed by atoms with Crippen LogP contribution in [-0.2, 0) is 6.42 Å². The highest BCUT2D eigenvalue weighted by molar-refractivity contribution is 7.20. The molecule has 92 valence electrons. The van der Waals surface area contributed by atoms with E-state index >= 15 is 0 Å². The molecular weight excluding hydrogens is 289 g/mol. The maximum atomic E-state index is 12.4. The molecule has 18 heavy (non-hydrogen) atoms. The second kappa shape index (κ2) is 4.57. The number of hydrogen-bond donors (Lipinski definition) is 0. The summed E-state index contributed by atoms with van der Waals surface area (Å²) in [5.41, 5.74) is 2.66. The van der Waals surface area contributed by atoms with Gasteiger partial charge in [-0.25, -0.2) is 0 Å². The van der Waals surface area contributed by atoms with Gasteiger partial charge in [0.1, 0.15) is 4.34 Å². The van der Waals surface area contributed by atoms with Crippen LogP contribution in [0.2, 0.25) is 8.67 Å². The van der Waals surface area contributed by atoms with E-state index in [0.29, 0.717) is 20.8 Å². The van der Waals surface area contributed by atoms with Crippen molar-refractivity contribution in [2.24, 2.45) is 0 Å². The Labute approximate surface area is 119 Å². The van der Waals surface area contributed by atoms with Crippen molar-refractivity contribution in [2.45, 2.75) is 6.42 Å². The summed E-state index contributed by atoms with van der Waals surface area (Å²) in [6.45, 7) is 0.696. The smallest absolute Gasteiger partial charge is 0.260 e.